The normalized spacial score (nSPS) is 15.1. The molecule has 1 aliphatic heterocycles. The summed E-state index contributed by atoms with van der Waals surface area (Å²) in [7, 11) is -3.31. The van der Waals surface area contributed by atoms with Crippen LogP contribution in [-0.4, -0.2) is 67.0 Å². The van der Waals surface area contributed by atoms with Crippen LogP contribution in [0.4, 0.5) is 17.1 Å². The number of aromatic nitrogens is 1. The first kappa shape index (κ1) is 23.9. The summed E-state index contributed by atoms with van der Waals surface area (Å²) < 4.78 is 26.4. The quantitative estimate of drug-likeness (QED) is 0.371. The molecule has 11 heteroatoms. The second kappa shape index (κ2) is 10.7. The molecule has 32 heavy (non-hydrogen) atoms. The van der Waals surface area contributed by atoms with Crippen LogP contribution in [0.25, 0.3) is 0 Å². The van der Waals surface area contributed by atoms with Gasteiger partial charge in [0, 0.05) is 57.7 Å². The third-order valence-corrected chi connectivity index (χ3v) is 7.52. The summed E-state index contributed by atoms with van der Waals surface area (Å²) in [6.45, 7) is 3.60. The number of nitrogens with zero attached hydrogens (tertiary/aromatic N) is 3. The standard InChI is InChI=1S/C21H29N5O5S/c1-16(27)25-11-13-26(14-12-25)32(30,31)15-5-3-2-4-8-23-18-19(21(29)20(18)28)24-17-6-9-22-10-7-17/h6-7,9-10,23H,2-5,8,11-15H2,1H3,(H,22,24). The number of anilines is 3. The van der Waals surface area contributed by atoms with E-state index in [1.807, 2.05) is 0 Å². The molecular weight excluding hydrogens is 434 g/mol. The molecule has 0 radical (unpaired) electrons. The lowest BCUT2D eigenvalue weighted by Gasteiger charge is -2.33. The molecule has 1 aromatic carbocycles. The minimum Gasteiger partial charge on any atom is -0.380 e. The van der Waals surface area contributed by atoms with Crippen molar-refractivity contribution < 1.29 is 13.2 Å². The van der Waals surface area contributed by atoms with Gasteiger partial charge < -0.3 is 15.5 Å². The Hall–Kier alpha value is -2.79. The van der Waals surface area contributed by atoms with Crippen LogP contribution in [-0.2, 0) is 14.8 Å². The molecule has 3 rings (SSSR count). The monoisotopic (exact) mass is 463 g/mol. The van der Waals surface area contributed by atoms with Crippen LogP contribution in [0.1, 0.15) is 32.6 Å². The number of sulfonamides is 1. The molecule has 2 heterocycles. The molecule has 1 aromatic heterocycles. The van der Waals surface area contributed by atoms with E-state index in [0.29, 0.717) is 50.5 Å². The number of carbonyl (C=O) groups is 1. The molecule has 174 valence electrons. The lowest BCUT2D eigenvalue weighted by molar-refractivity contribution is -0.129. The number of unbranched alkanes of at least 4 members (excludes halogenated alkanes) is 3. The average molecular weight is 464 g/mol. The minimum atomic E-state index is -3.31. The Morgan fingerprint density at radius 3 is 2.25 bits per heavy atom. The molecule has 0 spiro atoms. The summed E-state index contributed by atoms with van der Waals surface area (Å²) in [5.41, 5.74) is 0.159. The summed E-state index contributed by atoms with van der Waals surface area (Å²) in [5.74, 6) is 0.0678. The number of piperazine rings is 1. The number of amides is 1. The van der Waals surface area contributed by atoms with Crippen molar-refractivity contribution in [3.8, 4) is 0 Å². The average Bonchev–Trinajstić information content (AvgIpc) is 2.80. The molecule has 1 aliphatic rings. The highest BCUT2D eigenvalue weighted by molar-refractivity contribution is 7.89. The van der Waals surface area contributed by atoms with Gasteiger partial charge in [0.2, 0.25) is 15.9 Å². The van der Waals surface area contributed by atoms with Crippen molar-refractivity contribution in [3.05, 3.63) is 45.0 Å². The zero-order valence-electron chi connectivity index (χ0n) is 18.2. The molecular formula is C21H29N5O5S. The Kier molecular flexibility index (Phi) is 7.97. The summed E-state index contributed by atoms with van der Waals surface area (Å²) >= 11 is 0. The smallest absolute Gasteiger partial charge is 0.253 e. The number of hydrogen-bond donors (Lipinski definition) is 2. The van der Waals surface area contributed by atoms with Crippen LogP contribution in [0, 0.1) is 0 Å². The number of hydrogen-bond acceptors (Lipinski definition) is 8. The molecule has 0 aliphatic carbocycles. The number of nitrogens with one attached hydrogen (secondary N) is 2. The first-order chi connectivity index (χ1) is 15.3. The fourth-order valence-electron chi connectivity index (χ4n) is 3.65. The molecule has 1 saturated heterocycles. The van der Waals surface area contributed by atoms with Crippen molar-refractivity contribution in [1.82, 2.24) is 14.2 Å². The van der Waals surface area contributed by atoms with Gasteiger partial charge in [-0.25, -0.2) is 8.42 Å². The lowest BCUT2D eigenvalue weighted by atomic mass is 10.1. The highest BCUT2D eigenvalue weighted by Gasteiger charge is 2.27. The van der Waals surface area contributed by atoms with Crippen LogP contribution in [0.2, 0.25) is 0 Å². The van der Waals surface area contributed by atoms with Gasteiger partial charge in [-0.2, -0.15) is 4.31 Å². The summed E-state index contributed by atoms with van der Waals surface area (Å²) in [4.78, 5) is 40.6. The van der Waals surface area contributed by atoms with Crippen molar-refractivity contribution in [2.75, 3.05) is 49.1 Å². The second-order valence-electron chi connectivity index (χ2n) is 7.83. The van der Waals surface area contributed by atoms with E-state index in [1.165, 1.54) is 11.2 Å². The van der Waals surface area contributed by atoms with Crippen molar-refractivity contribution in [3.63, 3.8) is 0 Å². The highest BCUT2D eigenvalue weighted by Crippen LogP contribution is 2.20. The fraction of sp³-hybridized carbons (Fsp3) is 0.524. The predicted molar refractivity (Wildman–Crippen MR) is 123 cm³/mol. The molecule has 10 nitrogen and oxygen atoms in total. The van der Waals surface area contributed by atoms with Crippen LogP contribution in [0.3, 0.4) is 0 Å². The Morgan fingerprint density at radius 1 is 0.969 bits per heavy atom. The third-order valence-electron chi connectivity index (χ3n) is 5.57. The molecule has 1 amide bonds. The van der Waals surface area contributed by atoms with E-state index in [4.69, 9.17) is 0 Å². The SMILES string of the molecule is CC(=O)N1CCN(S(=O)(=O)CCCCCCNc2c(Nc3ccncc3)c(=O)c2=O)CC1. The Labute approximate surface area is 187 Å². The van der Waals surface area contributed by atoms with E-state index >= 15 is 0 Å². The van der Waals surface area contributed by atoms with E-state index in [0.717, 1.165) is 19.3 Å². The fourth-order valence-corrected chi connectivity index (χ4v) is 5.19. The third kappa shape index (κ3) is 5.92. The lowest BCUT2D eigenvalue weighted by Crippen LogP contribution is -2.50. The maximum Gasteiger partial charge on any atom is 0.253 e. The van der Waals surface area contributed by atoms with Crippen molar-refractivity contribution in [1.29, 1.82) is 0 Å². The van der Waals surface area contributed by atoms with E-state index in [2.05, 4.69) is 15.6 Å². The van der Waals surface area contributed by atoms with Gasteiger partial charge in [0.15, 0.2) is 0 Å². The van der Waals surface area contributed by atoms with Gasteiger partial charge in [0.25, 0.3) is 10.9 Å². The van der Waals surface area contributed by atoms with Crippen LogP contribution in [0.5, 0.6) is 0 Å². The summed E-state index contributed by atoms with van der Waals surface area (Å²) in [5, 5.41) is 5.95. The zero-order valence-corrected chi connectivity index (χ0v) is 19.0. The first-order valence-corrected chi connectivity index (χ1v) is 12.4. The van der Waals surface area contributed by atoms with E-state index in [1.54, 1.807) is 29.4 Å². The Morgan fingerprint density at radius 2 is 1.59 bits per heavy atom. The highest BCUT2D eigenvalue weighted by atomic mass is 32.2. The van der Waals surface area contributed by atoms with E-state index in [-0.39, 0.29) is 17.3 Å². The van der Waals surface area contributed by atoms with Crippen LogP contribution in [0.15, 0.2) is 34.1 Å². The topological polar surface area (TPSA) is 129 Å². The molecule has 0 atom stereocenters. The molecule has 1 fully saturated rings. The Balaban J connectivity index is 1.34. The van der Waals surface area contributed by atoms with Crippen molar-refractivity contribution >= 4 is 33.0 Å². The van der Waals surface area contributed by atoms with Crippen LogP contribution >= 0.6 is 0 Å². The largest absolute Gasteiger partial charge is 0.380 e. The molecule has 2 N–H and O–H groups in total. The van der Waals surface area contributed by atoms with Gasteiger partial charge in [-0.1, -0.05) is 12.8 Å². The molecule has 0 unspecified atom stereocenters. The van der Waals surface area contributed by atoms with Gasteiger partial charge in [-0.15, -0.1) is 0 Å². The van der Waals surface area contributed by atoms with E-state index in [9.17, 15) is 22.8 Å². The Bertz CT molecular complexity index is 1090. The van der Waals surface area contributed by atoms with Gasteiger partial charge >= 0.3 is 0 Å². The van der Waals surface area contributed by atoms with Crippen molar-refractivity contribution in [2.24, 2.45) is 0 Å². The van der Waals surface area contributed by atoms with Crippen molar-refractivity contribution in [2.45, 2.75) is 32.6 Å². The van der Waals surface area contributed by atoms with Crippen LogP contribution < -0.4 is 21.5 Å². The summed E-state index contributed by atoms with van der Waals surface area (Å²) in [6.07, 6.45) is 6.06. The predicted octanol–water partition coefficient (Wildman–Crippen LogP) is 0.887. The minimum absolute atomic E-state index is 0.0281. The number of pyridine rings is 1. The van der Waals surface area contributed by atoms with E-state index < -0.39 is 20.9 Å². The van der Waals surface area contributed by atoms with Gasteiger partial charge in [-0.3, -0.25) is 19.4 Å². The van der Waals surface area contributed by atoms with Gasteiger partial charge in [-0.05, 0) is 25.0 Å². The second-order valence-corrected chi connectivity index (χ2v) is 9.92. The number of carbonyl (C=O) groups excluding carboxylic acids is 1. The molecule has 0 saturated carbocycles. The zero-order chi connectivity index (χ0) is 23.1. The summed E-state index contributed by atoms with van der Waals surface area (Å²) in [6, 6.07) is 3.41. The maximum absolute atomic E-state index is 12.5. The number of rotatable bonds is 11. The molecule has 2 aromatic rings. The molecule has 0 bridgehead atoms. The van der Waals surface area contributed by atoms with Gasteiger partial charge in [0.05, 0.1) is 5.75 Å². The van der Waals surface area contributed by atoms with Gasteiger partial charge in [0.1, 0.15) is 11.4 Å². The first-order valence-electron chi connectivity index (χ1n) is 10.8. The maximum atomic E-state index is 12.5.